The summed E-state index contributed by atoms with van der Waals surface area (Å²) >= 11 is 0. The minimum absolute atomic E-state index is 0.0756. The van der Waals surface area contributed by atoms with Gasteiger partial charge in [0.1, 0.15) is 18.8 Å². The maximum Gasteiger partial charge on any atom is 0.311 e. The van der Waals surface area contributed by atoms with Gasteiger partial charge in [-0.15, -0.1) is 0 Å². The first-order chi connectivity index (χ1) is 17.6. The van der Waals surface area contributed by atoms with Crippen molar-refractivity contribution in [2.24, 2.45) is 5.41 Å². The number of carbonyl (C=O) groups excluding carboxylic acids is 3. The maximum absolute atomic E-state index is 12.6. The highest BCUT2D eigenvalue weighted by molar-refractivity contribution is 7.86. The van der Waals surface area contributed by atoms with Gasteiger partial charge >= 0.3 is 17.9 Å². The van der Waals surface area contributed by atoms with Gasteiger partial charge in [-0.25, -0.2) is 0 Å². The molecule has 1 heterocycles. The van der Waals surface area contributed by atoms with Gasteiger partial charge in [0.15, 0.2) is 11.7 Å². The van der Waals surface area contributed by atoms with Gasteiger partial charge < -0.3 is 28.4 Å². The van der Waals surface area contributed by atoms with Crippen molar-refractivity contribution in [1.29, 1.82) is 0 Å². The lowest BCUT2D eigenvalue weighted by molar-refractivity contribution is -0.234. The number of hydrogen-bond acceptors (Lipinski definition) is 12. The van der Waals surface area contributed by atoms with Gasteiger partial charge in [-0.05, 0) is 26.3 Å². The molecular formula is C25H36O12S. The van der Waals surface area contributed by atoms with Crippen molar-refractivity contribution in [3.8, 4) is 0 Å². The Morgan fingerprint density at radius 3 is 2.16 bits per heavy atom. The highest BCUT2D eigenvalue weighted by Gasteiger charge is 2.64. The molecule has 1 aliphatic heterocycles. The van der Waals surface area contributed by atoms with Gasteiger partial charge in [0.05, 0.1) is 24.9 Å². The van der Waals surface area contributed by atoms with Crippen molar-refractivity contribution >= 4 is 28.0 Å². The minimum Gasteiger partial charge on any atom is -0.462 e. The molecule has 0 N–H and O–H groups in total. The first-order valence-corrected chi connectivity index (χ1v) is 13.6. The molecular weight excluding hydrogens is 524 g/mol. The zero-order valence-corrected chi connectivity index (χ0v) is 23.4. The van der Waals surface area contributed by atoms with E-state index in [1.807, 2.05) is 30.3 Å². The molecule has 0 spiro atoms. The van der Waals surface area contributed by atoms with E-state index in [-0.39, 0.29) is 13.2 Å². The molecule has 5 atom stereocenters. The average Bonchev–Trinajstić information content (AvgIpc) is 3.07. The molecule has 0 bridgehead atoms. The van der Waals surface area contributed by atoms with E-state index in [1.54, 1.807) is 20.8 Å². The second kappa shape index (κ2) is 13.0. The van der Waals surface area contributed by atoms with E-state index >= 15 is 0 Å². The normalized spacial score (nSPS) is 24.4. The Morgan fingerprint density at radius 1 is 1.05 bits per heavy atom. The van der Waals surface area contributed by atoms with Crippen LogP contribution in [0.2, 0.25) is 0 Å². The van der Waals surface area contributed by atoms with E-state index in [4.69, 9.17) is 32.6 Å². The predicted molar refractivity (Wildman–Crippen MR) is 132 cm³/mol. The Morgan fingerprint density at radius 2 is 1.66 bits per heavy atom. The van der Waals surface area contributed by atoms with Crippen LogP contribution in [0.15, 0.2) is 30.3 Å². The summed E-state index contributed by atoms with van der Waals surface area (Å²) in [4.78, 5) is 36.3. The van der Waals surface area contributed by atoms with Crippen LogP contribution in [0, 0.1) is 5.41 Å². The smallest absolute Gasteiger partial charge is 0.311 e. The lowest BCUT2D eigenvalue weighted by Crippen LogP contribution is -2.59. The molecule has 2 unspecified atom stereocenters. The summed E-state index contributed by atoms with van der Waals surface area (Å²) in [5.74, 6) is -2.14. The number of rotatable bonds is 12. The second-order valence-corrected chi connectivity index (χ2v) is 11.5. The SMILES string of the molecule is CO[C@H]1[C@@H](OC(C)=O)C(OC(C)=O)O[C@@]1(COCc1ccccc1)C(COC(=O)C(C)(C)C)OS(C)(=O)=O. The first-order valence-electron chi connectivity index (χ1n) is 11.8. The van der Waals surface area contributed by atoms with E-state index in [9.17, 15) is 22.8 Å². The van der Waals surface area contributed by atoms with Gasteiger partial charge in [0, 0.05) is 21.0 Å². The molecule has 13 heteroatoms. The zero-order chi connectivity index (χ0) is 28.7. The van der Waals surface area contributed by atoms with Crippen LogP contribution in [-0.2, 0) is 63.7 Å². The number of esters is 3. The van der Waals surface area contributed by atoms with E-state index < -0.39 is 70.3 Å². The largest absolute Gasteiger partial charge is 0.462 e. The number of carbonyl (C=O) groups is 3. The average molecular weight is 561 g/mol. The highest BCUT2D eigenvalue weighted by Crippen LogP contribution is 2.41. The third-order valence-corrected chi connectivity index (χ3v) is 6.06. The van der Waals surface area contributed by atoms with Crippen molar-refractivity contribution in [1.82, 2.24) is 0 Å². The molecule has 1 aromatic rings. The third-order valence-electron chi connectivity index (χ3n) is 5.48. The topological polar surface area (TPSA) is 150 Å². The van der Waals surface area contributed by atoms with E-state index in [2.05, 4.69) is 0 Å². The zero-order valence-electron chi connectivity index (χ0n) is 22.6. The summed E-state index contributed by atoms with van der Waals surface area (Å²) < 4.78 is 63.7. The lowest BCUT2D eigenvalue weighted by atomic mass is 9.89. The molecule has 2 rings (SSSR count). The number of ether oxygens (including phenoxy) is 6. The number of hydrogen-bond donors (Lipinski definition) is 0. The molecule has 1 fully saturated rings. The van der Waals surface area contributed by atoms with Crippen molar-refractivity contribution in [3.05, 3.63) is 35.9 Å². The molecule has 1 aliphatic rings. The fraction of sp³-hybridized carbons (Fsp3) is 0.640. The van der Waals surface area contributed by atoms with E-state index in [0.29, 0.717) is 0 Å². The Balaban J connectivity index is 2.56. The Labute approximate surface area is 222 Å². The van der Waals surface area contributed by atoms with Crippen molar-refractivity contribution in [3.63, 3.8) is 0 Å². The second-order valence-electron chi connectivity index (χ2n) is 9.90. The van der Waals surface area contributed by atoms with Crippen molar-refractivity contribution in [2.75, 3.05) is 26.6 Å². The first kappa shape index (κ1) is 31.6. The Bertz CT molecular complexity index is 1070. The summed E-state index contributed by atoms with van der Waals surface area (Å²) in [6, 6.07) is 9.09. The molecule has 0 saturated carbocycles. The van der Waals surface area contributed by atoms with Gasteiger partial charge in [0.25, 0.3) is 10.1 Å². The Hall–Kier alpha value is -2.58. The fourth-order valence-corrected chi connectivity index (χ4v) is 4.51. The number of methoxy groups -OCH3 is 1. The predicted octanol–water partition coefficient (Wildman–Crippen LogP) is 1.74. The molecule has 12 nitrogen and oxygen atoms in total. The van der Waals surface area contributed by atoms with Gasteiger partial charge in [-0.1, -0.05) is 30.3 Å². The minimum atomic E-state index is -4.17. The van der Waals surface area contributed by atoms with E-state index in [1.165, 1.54) is 7.11 Å². The number of benzene rings is 1. The highest BCUT2D eigenvalue weighted by atomic mass is 32.2. The van der Waals surface area contributed by atoms with Gasteiger partial charge in [0.2, 0.25) is 6.29 Å². The quantitative estimate of drug-likeness (QED) is 0.208. The van der Waals surface area contributed by atoms with Crippen LogP contribution >= 0.6 is 0 Å². The molecule has 0 aliphatic carbocycles. The maximum atomic E-state index is 12.6. The van der Waals surface area contributed by atoms with Crippen LogP contribution in [0.4, 0.5) is 0 Å². The lowest BCUT2D eigenvalue weighted by Gasteiger charge is -2.39. The van der Waals surface area contributed by atoms with Crippen LogP contribution in [0.5, 0.6) is 0 Å². The molecule has 214 valence electrons. The van der Waals surface area contributed by atoms with Crippen LogP contribution in [-0.4, -0.2) is 83.1 Å². The Kier molecular flexibility index (Phi) is 10.8. The van der Waals surface area contributed by atoms with Crippen molar-refractivity contribution < 1.29 is 55.4 Å². The standard InChI is InChI=1S/C25H36O12S/c1-16(26)34-20-21(31-6)25(36-22(20)35-17(2)27,15-32-13-18-11-9-8-10-12-18)19(37-38(7,29)30)14-33-23(28)24(3,4)5/h8-12,19-22H,13-15H2,1-7H3/t19?,20-,21+,22?,25+/m1/s1. The summed E-state index contributed by atoms with van der Waals surface area (Å²) in [5.41, 5.74) is -2.00. The molecule has 0 aromatic heterocycles. The molecule has 38 heavy (non-hydrogen) atoms. The molecule has 0 radical (unpaired) electrons. The van der Waals surface area contributed by atoms with Crippen molar-refractivity contribution in [2.45, 2.75) is 71.4 Å². The fourth-order valence-electron chi connectivity index (χ4n) is 3.87. The van der Waals surface area contributed by atoms with Crippen LogP contribution in [0.1, 0.15) is 40.2 Å². The third kappa shape index (κ3) is 8.73. The molecule has 1 aromatic carbocycles. The monoisotopic (exact) mass is 560 g/mol. The van der Waals surface area contributed by atoms with Gasteiger partial charge in [-0.3, -0.25) is 18.6 Å². The summed E-state index contributed by atoms with van der Waals surface area (Å²) in [7, 11) is -2.90. The van der Waals surface area contributed by atoms with Crippen LogP contribution < -0.4 is 0 Å². The van der Waals surface area contributed by atoms with Crippen LogP contribution in [0.25, 0.3) is 0 Å². The summed E-state index contributed by atoms with van der Waals surface area (Å²) in [5, 5.41) is 0. The van der Waals surface area contributed by atoms with E-state index in [0.717, 1.165) is 25.7 Å². The van der Waals surface area contributed by atoms with Crippen LogP contribution in [0.3, 0.4) is 0 Å². The molecule has 0 amide bonds. The van der Waals surface area contributed by atoms with Gasteiger partial charge in [-0.2, -0.15) is 8.42 Å². The summed E-state index contributed by atoms with van der Waals surface area (Å²) in [6.45, 7) is 6.22. The summed E-state index contributed by atoms with van der Waals surface area (Å²) in [6.07, 6.45) is -4.85. The molecule has 1 saturated heterocycles.